The minimum Gasteiger partial charge on any atom is -0.481 e. The van der Waals surface area contributed by atoms with E-state index in [-0.39, 0.29) is 6.04 Å². The Hall–Kier alpha value is -2.54. The molecule has 7 heteroatoms. The van der Waals surface area contributed by atoms with Gasteiger partial charge in [-0.2, -0.15) is 0 Å². The number of ether oxygens (including phenoxy) is 1. The van der Waals surface area contributed by atoms with Crippen molar-refractivity contribution in [3.8, 4) is 5.88 Å². The lowest BCUT2D eigenvalue weighted by molar-refractivity contribution is 0.146. The van der Waals surface area contributed by atoms with Crippen LogP contribution in [0.2, 0.25) is 0 Å². The summed E-state index contributed by atoms with van der Waals surface area (Å²) in [5.41, 5.74) is 0.988. The lowest BCUT2D eigenvalue weighted by Crippen LogP contribution is -2.44. The van der Waals surface area contributed by atoms with Crippen molar-refractivity contribution < 1.29 is 9.15 Å². The second kappa shape index (κ2) is 9.97. The number of pyridine rings is 1. The van der Waals surface area contributed by atoms with E-state index in [0.29, 0.717) is 12.4 Å². The summed E-state index contributed by atoms with van der Waals surface area (Å²) >= 11 is 0. The van der Waals surface area contributed by atoms with Gasteiger partial charge in [0.1, 0.15) is 5.76 Å². The molecule has 1 atom stereocenters. The summed E-state index contributed by atoms with van der Waals surface area (Å²) < 4.78 is 11.0. The molecule has 1 saturated heterocycles. The SMILES string of the molecule is CN=C(NCc1cccnc1OC)NCC(c1ccco1)N1CCCCC1. The number of nitrogens with zero attached hydrogens (tertiary/aromatic N) is 3. The minimum atomic E-state index is 0.201. The van der Waals surface area contributed by atoms with Crippen molar-refractivity contribution in [3.05, 3.63) is 48.0 Å². The molecule has 0 amide bonds. The van der Waals surface area contributed by atoms with Gasteiger partial charge in [0.15, 0.2) is 5.96 Å². The van der Waals surface area contributed by atoms with Crippen molar-refractivity contribution in [2.75, 3.05) is 33.8 Å². The van der Waals surface area contributed by atoms with Crippen molar-refractivity contribution in [1.29, 1.82) is 0 Å². The molecule has 2 N–H and O–H groups in total. The molecular weight excluding hydrogens is 342 g/mol. The first kappa shape index (κ1) is 19.2. The number of nitrogens with one attached hydrogen (secondary N) is 2. The predicted octanol–water partition coefficient (Wildman–Crippen LogP) is 2.58. The number of rotatable bonds is 7. The van der Waals surface area contributed by atoms with Crippen LogP contribution in [0.5, 0.6) is 5.88 Å². The van der Waals surface area contributed by atoms with Gasteiger partial charge in [-0.25, -0.2) is 4.98 Å². The smallest absolute Gasteiger partial charge is 0.218 e. The number of methoxy groups -OCH3 is 1. The zero-order chi connectivity index (χ0) is 18.9. The van der Waals surface area contributed by atoms with E-state index < -0.39 is 0 Å². The van der Waals surface area contributed by atoms with Gasteiger partial charge < -0.3 is 19.8 Å². The maximum atomic E-state index is 5.71. The number of hydrogen-bond donors (Lipinski definition) is 2. The number of aliphatic imine (C=N–C) groups is 1. The Labute approximate surface area is 160 Å². The van der Waals surface area contributed by atoms with Gasteiger partial charge >= 0.3 is 0 Å². The molecule has 1 unspecified atom stereocenters. The fraction of sp³-hybridized carbons (Fsp3) is 0.500. The van der Waals surface area contributed by atoms with Gasteiger partial charge in [-0.1, -0.05) is 12.5 Å². The lowest BCUT2D eigenvalue weighted by atomic mass is 10.1. The normalized spacial score (nSPS) is 16.7. The topological polar surface area (TPSA) is 74.9 Å². The first-order valence-electron chi connectivity index (χ1n) is 9.51. The van der Waals surface area contributed by atoms with E-state index in [2.05, 4.69) is 31.6 Å². The molecule has 27 heavy (non-hydrogen) atoms. The van der Waals surface area contributed by atoms with Crippen molar-refractivity contribution in [3.63, 3.8) is 0 Å². The van der Waals surface area contributed by atoms with Crippen LogP contribution >= 0.6 is 0 Å². The van der Waals surface area contributed by atoms with E-state index in [1.807, 2.05) is 18.2 Å². The average molecular weight is 371 g/mol. The van der Waals surface area contributed by atoms with Crippen LogP contribution in [0.1, 0.15) is 36.6 Å². The Morgan fingerprint density at radius 2 is 2.11 bits per heavy atom. The number of likely N-dealkylation sites (tertiary alicyclic amines) is 1. The number of piperidine rings is 1. The Morgan fingerprint density at radius 3 is 2.81 bits per heavy atom. The molecule has 0 saturated carbocycles. The Kier molecular flexibility index (Phi) is 7.10. The molecule has 146 valence electrons. The van der Waals surface area contributed by atoms with E-state index in [4.69, 9.17) is 9.15 Å². The van der Waals surface area contributed by atoms with Crippen molar-refractivity contribution in [2.24, 2.45) is 4.99 Å². The predicted molar refractivity (Wildman–Crippen MR) is 106 cm³/mol. The molecule has 1 aliphatic rings. The Balaban J connectivity index is 1.59. The van der Waals surface area contributed by atoms with Gasteiger partial charge in [-0.3, -0.25) is 9.89 Å². The largest absolute Gasteiger partial charge is 0.481 e. The van der Waals surface area contributed by atoms with Crippen LogP contribution in [0.3, 0.4) is 0 Å². The van der Waals surface area contributed by atoms with Gasteiger partial charge in [0.05, 0.1) is 19.4 Å². The number of furan rings is 1. The van der Waals surface area contributed by atoms with E-state index in [9.17, 15) is 0 Å². The summed E-state index contributed by atoms with van der Waals surface area (Å²) in [4.78, 5) is 11.1. The van der Waals surface area contributed by atoms with E-state index in [0.717, 1.165) is 36.9 Å². The summed E-state index contributed by atoms with van der Waals surface area (Å²) in [6.07, 6.45) is 7.26. The molecule has 2 aromatic heterocycles. The van der Waals surface area contributed by atoms with Crippen LogP contribution in [0.4, 0.5) is 0 Å². The first-order valence-corrected chi connectivity index (χ1v) is 9.51. The van der Waals surface area contributed by atoms with Crippen LogP contribution in [-0.4, -0.2) is 49.6 Å². The standard InChI is InChI=1S/C20H29N5O2/c1-21-20(23-14-16-8-6-10-22-19(16)26-2)24-15-17(18-9-7-13-27-18)25-11-4-3-5-12-25/h6-10,13,17H,3-5,11-12,14-15H2,1-2H3,(H2,21,23,24). The summed E-state index contributed by atoms with van der Waals surface area (Å²) in [5.74, 6) is 2.37. The van der Waals surface area contributed by atoms with E-state index in [1.165, 1.54) is 19.3 Å². The summed E-state index contributed by atoms with van der Waals surface area (Å²) in [5, 5.41) is 6.77. The molecule has 1 fully saturated rings. The quantitative estimate of drug-likeness (QED) is 0.576. The molecule has 0 aliphatic carbocycles. The second-order valence-corrected chi connectivity index (χ2v) is 6.61. The maximum absolute atomic E-state index is 5.71. The number of aromatic nitrogens is 1. The Bertz CT molecular complexity index is 711. The van der Waals surface area contributed by atoms with Crippen LogP contribution in [0.25, 0.3) is 0 Å². The molecule has 3 heterocycles. The van der Waals surface area contributed by atoms with Crippen molar-refractivity contribution in [1.82, 2.24) is 20.5 Å². The maximum Gasteiger partial charge on any atom is 0.218 e. The van der Waals surface area contributed by atoms with Crippen LogP contribution < -0.4 is 15.4 Å². The highest BCUT2D eigenvalue weighted by atomic mass is 16.5. The molecule has 7 nitrogen and oxygen atoms in total. The summed E-state index contributed by atoms with van der Waals surface area (Å²) in [6.45, 7) is 3.53. The summed E-state index contributed by atoms with van der Waals surface area (Å²) in [6, 6.07) is 8.10. The molecule has 1 aliphatic heterocycles. The van der Waals surface area contributed by atoms with Crippen molar-refractivity contribution in [2.45, 2.75) is 31.8 Å². The fourth-order valence-corrected chi connectivity index (χ4v) is 3.46. The second-order valence-electron chi connectivity index (χ2n) is 6.61. The molecule has 0 radical (unpaired) electrons. The lowest BCUT2D eigenvalue weighted by Gasteiger charge is -2.33. The highest BCUT2D eigenvalue weighted by Gasteiger charge is 2.24. The monoisotopic (exact) mass is 371 g/mol. The van der Waals surface area contributed by atoms with E-state index in [1.54, 1.807) is 26.6 Å². The van der Waals surface area contributed by atoms with Crippen LogP contribution in [-0.2, 0) is 6.54 Å². The first-order chi connectivity index (χ1) is 13.3. The van der Waals surface area contributed by atoms with Gasteiger partial charge in [0, 0.05) is 31.9 Å². The molecule has 0 bridgehead atoms. The number of guanidine groups is 1. The van der Waals surface area contributed by atoms with E-state index >= 15 is 0 Å². The van der Waals surface area contributed by atoms with Gasteiger partial charge in [-0.05, 0) is 44.1 Å². The van der Waals surface area contributed by atoms with Crippen LogP contribution in [0, 0.1) is 0 Å². The van der Waals surface area contributed by atoms with Gasteiger partial charge in [0.25, 0.3) is 0 Å². The third-order valence-corrected chi connectivity index (χ3v) is 4.88. The summed E-state index contributed by atoms with van der Waals surface area (Å²) in [7, 11) is 3.41. The van der Waals surface area contributed by atoms with Gasteiger partial charge in [-0.15, -0.1) is 0 Å². The molecule has 0 spiro atoms. The van der Waals surface area contributed by atoms with Crippen LogP contribution in [0.15, 0.2) is 46.1 Å². The third-order valence-electron chi connectivity index (χ3n) is 4.88. The highest BCUT2D eigenvalue weighted by Crippen LogP contribution is 2.24. The third kappa shape index (κ3) is 5.23. The molecular formula is C20H29N5O2. The average Bonchev–Trinajstić information content (AvgIpc) is 3.26. The highest BCUT2D eigenvalue weighted by molar-refractivity contribution is 5.79. The molecule has 2 aromatic rings. The Morgan fingerprint density at radius 1 is 1.26 bits per heavy atom. The zero-order valence-electron chi connectivity index (χ0n) is 16.1. The van der Waals surface area contributed by atoms with Crippen molar-refractivity contribution >= 4 is 5.96 Å². The zero-order valence-corrected chi connectivity index (χ0v) is 16.1. The minimum absolute atomic E-state index is 0.201. The number of hydrogen-bond acceptors (Lipinski definition) is 5. The molecule has 3 rings (SSSR count). The molecule has 0 aromatic carbocycles. The van der Waals surface area contributed by atoms with Gasteiger partial charge in [0.2, 0.25) is 5.88 Å². The fourth-order valence-electron chi connectivity index (χ4n) is 3.46.